The normalized spacial score (nSPS) is 12.2. The number of rotatable bonds is 10. The van der Waals surface area contributed by atoms with Crippen LogP contribution in [0.4, 0.5) is 4.79 Å². The lowest BCUT2D eigenvalue weighted by molar-refractivity contribution is -0.143. The highest BCUT2D eigenvalue weighted by Gasteiger charge is 2.28. The number of hydrogen-bond acceptors (Lipinski definition) is 4. The summed E-state index contributed by atoms with van der Waals surface area (Å²) in [5.74, 6) is -0.195. The van der Waals surface area contributed by atoms with E-state index in [9.17, 15) is 9.59 Å². The minimum absolute atomic E-state index is 0.0329. The largest absolute Gasteiger partial charge is 0.464 e. The number of carbonyl (C=O) groups excluding carboxylic acids is 2. The van der Waals surface area contributed by atoms with E-state index in [1.165, 1.54) is 22.3 Å². The maximum Gasteiger partial charge on any atom is 0.407 e. The Morgan fingerprint density at radius 3 is 2.21 bits per heavy atom. The molecule has 0 radical (unpaired) electrons. The van der Waals surface area contributed by atoms with Gasteiger partial charge >= 0.3 is 12.1 Å². The number of halogens is 1. The van der Waals surface area contributed by atoms with Crippen molar-refractivity contribution in [3.63, 3.8) is 0 Å². The fourth-order valence-corrected chi connectivity index (χ4v) is 3.98. The molecule has 0 bridgehead atoms. The summed E-state index contributed by atoms with van der Waals surface area (Å²) >= 11 is 3.36. The van der Waals surface area contributed by atoms with Crippen molar-refractivity contribution in [2.24, 2.45) is 0 Å². The van der Waals surface area contributed by atoms with Crippen LogP contribution in [0.15, 0.2) is 48.5 Å². The van der Waals surface area contributed by atoms with Gasteiger partial charge in [-0.25, -0.2) is 4.79 Å². The molecule has 0 atom stereocenters. The van der Waals surface area contributed by atoms with Crippen molar-refractivity contribution in [3.05, 3.63) is 59.7 Å². The smallest absolute Gasteiger partial charge is 0.407 e. The Labute approximate surface area is 179 Å². The molecule has 1 aliphatic carbocycles. The Hall–Kier alpha value is -2.34. The van der Waals surface area contributed by atoms with E-state index in [0.29, 0.717) is 6.42 Å². The molecule has 1 amide bonds. The van der Waals surface area contributed by atoms with Crippen LogP contribution in [-0.4, -0.2) is 37.2 Å². The summed E-state index contributed by atoms with van der Waals surface area (Å²) in [6.07, 6.45) is 2.79. The van der Waals surface area contributed by atoms with Gasteiger partial charge in [0.1, 0.15) is 13.2 Å². The van der Waals surface area contributed by atoms with E-state index >= 15 is 0 Å². The van der Waals surface area contributed by atoms with Gasteiger partial charge in [0.05, 0.1) is 6.54 Å². The highest BCUT2D eigenvalue weighted by Crippen LogP contribution is 2.44. The van der Waals surface area contributed by atoms with Gasteiger partial charge in [-0.3, -0.25) is 4.79 Å². The van der Waals surface area contributed by atoms with Crippen molar-refractivity contribution < 1.29 is 19.1 Å². The quantitative estimate of drug-likeness (QED) is 0.307. The van der Waals surface area contributed by atoms with Crippen LogP contribution in [0.3, 0.4) is 0 Å². The Balaban J connectivity index is 1.40. The first-order valence-electron chi connectivity index (χ1n) is 10.0. The number of alkyl halides is 1. The molecule has 0 saturated carbocycles. The summed E-state index contributed by atoms with van der Waals surface area (Å²) in [6.45, 7) is 0.665. The minimum atomic E-state index is -0.500. The van der Waals surface area contributed by atoms with Gasteiger partial charge in [-0.15, -0.1) is 0 Å². The van der Waals surface area contributed by atoms with Crippen molar-refractivity contribution >= 4 is 28.0 Å². The molecule has 0 heterocycles. The average molecular weight is 460 g/mol. The van der Waals surface area contributed by atoms with Crippen LogP contribution in [0.25, 0.3) is 11.1 Å². The maximum atomic E-state index is 12.0. The van der Waals surface area contributed by atoms with Gasteiger partial charge < -0.3 is 14.8 Å². The van der Waals surface area contributed by atoms with Gasteiger partial charge in [0.2, 0.25) is 0 Å². The van der Waals surface area contributed by atoms with Crippen LogP contribution in [0, 0.1) is 0 Å². The van der Waals surface area contributed by atoms with E-state index in [1.807, 2.05) is 24.3 Å². The number of fused-ring (bicyclic) bond motifs is 3. The second-order valence-electron chi connectivity index (χ2n) is 6.97. The molecule has 6 heteroatoms. The molecule has 5 nitrogen and oxygen atoms in total. The van der Waals surface area contributed by atoms with E-state index in [4.69, 9.17) is 9.47 Å². The fraction of sp³-hybridized carbons (Fsp3) is 0.391. The topological polar surface area (TPSA) is 64.6 Å². The third kappa shape index (κ3) is 5.82. The van der Waals surface area contributed by atoms with Gasteiger partial charge in [0.25, 0.3) is 0 Å². The van der Waals surface area contributed by atoms with E-state index in [-0.39, 0.29) is 31.6 Å². The second-order valence-corrected chi connectivity index (χ2v) is 7.77. The Kier molecular flexibility index (Phi) is 8.11. The van der Waals surface area contributed by atoms with E-state index in [1.54, 1.807) is 0 Å². The third-order valence-electron chi connectivity index (χ3n) is 4.99. The first kappa shape index (κ1) is 21.4. The molecule has 1 N–H and O–H groups in total. The zero-order valence-electron chi connectivity index (χ0n) is 16.4. The summed E-state index contributed by atoms with van der Waals surface area (Å²) in [7, 11) is 0. The van der Waals surface area contributed by atoms with Crippen molar-refractivity contribution in [2.75, 3.05) is 25.1 Å². The molecule has 0 aromatic heterocycles. The van der Waals surface area contributed by atoms with Crippen LogP contribution < -0.4 is 5.32 Å². The summed E-state index contributed by atoms with van der Waals surface area (Å²) in [5, 5.41) is 3.59. The number of amides is 1. The molecular formula is C23H26BrNO4. The summed E-state index contributed by atoms with van der Waals surface area (Å²) in [5.41, 5.74) is 4.74. The molecule has 29 heavy (non-hydrogen) atoms. The molecule has 2 aromatic carbocycles. The number of unbranched alkanes of at least 4 members (excludes halogenated alkanes) is 2. The molecule has 0 aliphatic heterocycles. The first-order valence-corrected chi connectivity index (χ1v) is 11.1. The van der Waals surface area contributed by atoms with Crippen LogP contribution in [0.1, 0.15) is 42.7 Å². The number of ether oxygens (including phenoxy) is 2. The Bertz CT molecular complexity index is 794. The van der Waals surface area contributed by atoms with Gasteiger partial charge in [0.15, 0.2) is 0 Å². The van der Waals surface area contributed by atoms with Gasteiger partial charge in [-0.2, -0.15) is 0 Å². The van der Waals surface area contributed by atoms with E-state index in [0.717, 1.165) is 24.6 Å². The number of carbonyl (C=O) groups is 2. The lowest BCUT2D eigenvalue weighted by Crippen LogP contribution is -2.29. The zero-order valence-corrected chi connectivity index (χ0v) is 17.9. The Morgan fingerprint density at radius 1 is 0.897 bits per heavy atom. The zero-order chi connectivity index (χ0) is 20.5. The van der Waals surface area contributed by atoms with Gasteiger partial charge in [-0.1, -0.05) is 70.9 Å². The lowest BCUT2D eigenvalue weighted by Gasteiger charge is -2.14. The molecule has 154 valence electrons. The summed E-state index contributed by atoms with van der Waals surface area (Å²) < 4.78 is 10.6. The van der Waals surface area contributed by atoms with Crippen molar-refractivity contribution in [1.82, 2.24) is 5.32 Å². The molecule has 0 saturated heterocycles. The van der Waals surface area contributed by atoms with Crippen molar-refractivity contribution in [3.8, 4) is 11.1 Å². The number of hydrogen-bond donors (Lipinski definition) is 1. The second kappa shape index (κ2) is 11.0. The summed E-state index contributed by atoms with van der Waals surface area (Å²) in [6, 6.07) is 16.4. The Morgan fingerprint density at radius 2 is 1.55 bits per heavy atom. The lowest BCUT2D eigenvalue weighted by atomic mass is 9.98. The van der Waals surface area contributed by atoms with Gasteiger partial charge in [-0.05, 0) is 35.1 Å². The minimum Gasteiger partial charge on any atom is -0.464 e. The fourth-order valence-electron chi connectivity index (χ4n) is 3.58. The van der Waals surface area contributed by atoms with Crippen LogP contribution >= 0.6 is 15.9 Å². The number of esters is 1. The number of benzene rings is 2. The standard InChI is InChI=1S/C23H26BrNO4/c24-13-7-1-2-12-22(26)28-15-14-25-23(27)29-16-21-19-10-5-3-8-17(19)18-9-4-6-11-20(18)21/h3-6,8-11,21H,1-2,7,12-16H2,(H,25,27). The summed E-state index contributed by atoms with van der Waals surface area (Å²) in [4.78, 5) is 23.6. The first-order chi connectivity index (χ1) is 14.2. The van der Waals surface area contributed by atoms with Crippen molar-refractivity contribution in [1.29, 1.82) is 0 Å². The number of alkyl carbamates (subject to hydrolysis) is 1. The predicted octanol–water partition coefficient (Wildman–Crippen LogP) is 5.02. The monoisotopic (exact) mass is 459 g/mol. The molecule has 0 spiro atoms. The number of nitrogens with one attached hydrogen (secondary N) is 1. The maximum absolute atomic E-state index is 12.0. The van der Waals surface area contributed by atoms with Crippen LogP contribution in [0.5, 0.6) is 0 Å². The molecule has 2 aromatic rings. The SMILES string of the molecule is O=C(CCCCCBr)OCCNC(=O)OCC1c2ccccc2-c2ccccc21. The van der Waals surface area contributed by atoms with Crippen LogP contribution in [-0.2, 0) is 14.3 Å². The van der Waals surface area contributed by atoms with Gasteiger partial charge in [0, 0.05) is 17.7 Å². The van der Waals surface area contributed by atoms with Crippen molar-refractivity contribution in [2.45, 2.75) is 31.6 Å². The highest BCUT2D eigenvalue weighted by molar-refractivity contribution is 9.09. The third-order valence-corrected chi connectivity index (χ3v) is 5.55. The highest BCUT2D eigenvalue weighted by atomic mass is 79.9. The molecular weight excluding hydrogens is 434 g/mol. The molecule has 0 fully saturated rings. The van der Waals surface area contributed by atoms with Crippen LogP contribution in [0.2, 0.25) is 0 Å². The van der Waals surface area contributed by atoms with E-state index in [2.05, 4.69) is 45.5 Å². The molecule has 1 aliphatic rings. The predicted molar refractivity (Wildman–Crippen MR) is 116 cm³/mol. The average Bonchev–Trinajstić information content (AvgIpc) is 3.07. The molecule has 0 unspecified atom stereocenters. The molecule has 3 rings (SSSR count). The van der Waals surface area contributed by atoms with E-state index < -0.39 is 6.09 Å².